The molecule has 0 atom stereocenters. The molecule has 1 aromatic rings. The Labute approximate surface area is 122 Å². The second-order valence-corrected chi connectivity index (χ2v) is 7.02. The zero-order valence-corrected chi connectivity index (χ0v) is 12.3. The SMILES string of the molecule is NC(=O)C1CCN(S(=O)(=O)c2c(N)cccc2Cl)CC1. The number of rotatable bonds is 3. The first kappa shape index (κ1) is 15.1. The standard InChI is InChI=1S/C12H16ClN3O3S/c13-9-2-1-3-10(14)11(9)20(18,19)16-6-4-8(5-7-16)12(15)17/h1-3,8H,4-7,14H2,(H2,15,17). The fourth-order valence-electron chi connectivity index (χ4n) is 2.31. The largest absolute Gasteiger partial charge is 0.398 e. The molecule has 1 amide bonds. The van der Waals surface area contributed by atoms with Crippen LogP contribution in [0.5, 0.6) is 0 Å². The number of hydrogen-bond donors (Lipinski definition) is 2. The molecule has 0 aromatic heterocycles. The van der Waals surface area contributed by atoms with E-state index in [1.165, 1.54) is 16.4 Å². The summed E-state index contributed by atoms with van der Waals surface area (Å²) in [5.74, 6) is -0.663. The maximum Gasteiger partial charge on any atom is 0.246 e. The summed E-state index contributed by atoms with van der Waals surface area (Å²) >= 11 is 5.95. The molecule has 1 aliphatic rings. The third-order valence-corrected chi connectivity index (χ3v) is 5.90. The molecule has 8 heteroatoms. The van der Waals surface area contributed by atoms with Crippen LogP contribution in [-0.4, -0.2) is 31.7 Å². The van der Waals surface area contributed by atoms with E-state index in [1.54, 1.807) is 6.07 Å². The number of benzene rings is 1. The van der Waals surface area contributed by atoms with Crippen molar-refractivity contribution >= 4 is 33.2 Å². The van der Waals surface area contributed by atoms with E-state index in [1.807, 2.05) is 0 Å². The Morgan fingerprint density at radius 1 is 1.30 bits per heavy atom. The molecule has 0 unspecified atom stereocenters. The Kier molecular flexibility index (Phi) is 4.22. The zero-order valence-electron chi connectivity index (χ0n) is 10.8. The van der Waals surface area contributed by atoms with Crippen LogP contribution in [-0.2, 0) is 14.8 Å². The van der Waals surface area contributed by atoms with Crippen molar-refractivity contribution in [2.45, 2.75) is 17.7 Å². The van der Waals surface area contributed by atoms with Crippen molar-refractivity contribution in [3.8, 4) is 0 Å². The minimum atomic E-state index is -3.75. The van der Waals surface area contributed by atoms with Crippen molar-refractivity contribution < 1.29 is 13.2 Å². The topological polar surface area (TPSA) is 106 Å². The van der Waals surface area contributed by atoms with Gasteiger partial charge in [-0.25, -0.2) is 8.42 Å². The molecule has 0 bridgehead atoms. The summed E-state index contributed by atoms with van der Waals surface area (Å²) < 4.78 is 26.4. The van der Waals surface area contributed by atoms with Crippen LogP contribution in [0.2, 0.25) is 5.02 Å². The van der Waals surface area contributed by atoms with Crippen LogP contribution in [0, 0.1) is 5.92 Å². The van der Waals surface area contributed by atoms with Gasteiger partial charge in [-0.2, -0.15) is 4.31 Å². The Hall–Kier alpha value is -1.31. The van der Waals surface area contributed by atoms with E-state index < -0.39 is 10.0 Å². The van der Waals surface area contributed by atoms with Crippen molar-refractivity contribution in [3.05, 3.63) is 23.2 Å². The molecule has 0 aliphatic carbocycles. The number of halogens is 1. The van der Waals surface area contributed by atoms with E-state index in [2.05, 4.69) is 0 Å². The van der Waals surface area contributed by atoms with Gasteiger partial charge in [0.05, 0.1) is 10.7 Å². The predicted molar refractivity (Wildman–Crippen MR) is 76.5 cm³/mol. The highest BCUT2D eigenvalue weighted by molar-refractivity contribution is 7.89. The normalized spacial score (nSPS) is 18.1. The lowest BCUT2D eigenvalue weighted by Gasteiger charge is -2.30. The Bertz CT molecular complexity index is 605. The lowest BCUT2D eigenvalue weighted by molar-refractivity contribution is -0.122. The van der Waals surface area contributed by atoms with Gasteiger partial charge in [-0.1, -0.05) is 17.7 Å². The monoisotopic (exact) mass is 317 g/mol. The van der Waals surface area contributed by atoms with Crippen molar-refractivity contribution in [3.63, 3.8) is 0 Å². The highest BCUT2D eigenvalue weighted by Gasteiger charge is 2.33. The molecular weight excluding hydrogens is 302 g/mol. The summed E-state index contributed by atoms with van der Waals surface area (Å²) in [6.07, 6.45) is 0.831. The number of hydrogen-bond acceptors (Lipinski definition) is 4. The number of anilines is 1. The molecule has 1 aromatic carbocycles. The van der Waals surface area contributed by atoms with Crippen molar-refractivity contribution in [1.82, 2.24) is 4.31 Å². The molecule has 2 rings (SSSR count). The first-order valence-corrected chi connectivity index (χ1v) is 7.99. The predicted octanol–water partition coefficient (Wildman–Crippen LogP) is 0.808. The van der Waals surface area contributed by atoms with Gasteiger partial charge in [0.1, 0.15) is 4.90 Å². The summed E-state index contributed by atoms with van der Waals surface area (Å²) in [7, 11) is -3.75. The Morgan fingerprint density at radius 2 is 1.90 bits per heavy atom. The first-order valence-electron chi connectivity index (χ1n) is 6.17. The summed E-state index contributed by atoms with van der Waals surface area (Å²) in [6, 6.07) is 4.58. The first-order chi connectivity index (χ1) is 9.34. The molecule has 0 saturated carbocycles. The number of amides is 1. The second kappa shape index (κ2) is 5.59. The molecule has 20 heavy (non-hydrogen) atoms. The molecule has 110 valence electrons. The maximum absolute atomic E-state index is 12.6. The average molecular weight is 318 g/mol. The molecular formula is C12H16ClN3O3S. The third-order valence-electron chi connectivity index (χ3n) is 3.45. The number of carbonyl (C=O) groups excluding carboxylic acids is 1. The molecule has 1 fully saturated rings. The Balaban J connectivity index is 2.27. The lowest BCUT2D eigenvalue weighted by Crippen LogP contribution is -2.41. The number of carbonyl (C=O) groups is 1. The number of primary amides is 1. The van der Waals surface area contributed by atoms with Gasteiger partial charge in [-0.15, -0.1) is 0 Å². The van der Waals surface area contributed by atoms with Gasteiger partial charge in [0.2, 0.25) is 15.9 Å². The van der Waals surface area contributed by atoms with Gasteiger partial charge in [0.15, 0.2) is 0 Å². The fourth-order valence-corrected chi connectivity index (χ4v) is 4.41. The van der Waals surface area contributed by atoms with Gasteiger partial charge in [-0.05, 0) is 25.0 Å². The molecule has 1 heterocycles. The maximum atomic E-state index is 12.6. The zero-order chi connectivity index (χ0) is 14.9. The summed E-state index contributed by atoms with van der Waals surface area (Å²) in [4.78, 5) is 11.0. The van der Waals surface area contributed by atoms with E-state index >= 15 is 0 Å². The van der Waals surface area contributed by atoms with Crippen LogP contribution in [0.1, 0.15) is 12.8 Å². The fraction of sp³-hybridized carbons (Fsp3) is 0.417. The van der Waals surface area contributed by atoms with E-state index in [0.717, 1.165) is 0 Å². The minimum Gasteiger partial charge on any atom is -0.398 e. The molecule has 0 radical (unpaired) electrons. The third kappa shape index (κ3) is 2.74. The summed E-state index contributed by atoms with van der Waals surface area (Å²) in [6.45, 7) is 0.473. The highest BCUT2D eigenvalue weighted by atomic mass is 35.5. The number of piperidine rings is 1. The van der Waals surface area contributed by atoms with Gasteiger partial charge < -0.3 is 11.5 Å². The van der Waals surface area contributed by atoms with Crippen LogP contribution in [0.4, 0.5) is 5.69 Å². The van der Waals surface area contributed by atoms with Crippen LogP contribution in [0.25, 0.3) is 0 Å². The van der Waals surface area contributed by atoms with Crippen LogP contribution in [0.15, 0.2) is 23.1 Å². The summed E-state index contributed by atoms with van der Waals surface area (Å²) in [5, 5.41) is 0.0991. The van der Waals surface area contributed by atoms with E-state index in [0.29, 0.717) is 12.8 Å². The number of nitrogens with two attached hydrogens (primary N) is 2. The van der Waals surface area contributed by atoms with Gasteiger partial charge in [0, 0.05) is 19.0 Å². The van der Waals surface area contributed by atoms with Crippen LogP contribution < -0.4 is 11.5 Å². The molecule has 4 N–H and O–H groups in total. The van der Waals surface area contributed by atoms with Gasteiger partial charge >= 0.3 is 0 Å². The van der Waals surface area contributed by atoms with Crippen molar-refractivity contribution in [2.75, 3.05) is 18.8 Å². The lowest BCUT2D eigenvalue weighted by atomic mass is 9.98. The highest BCUT2D eigenvalue weighted by Crippen LogP contribution is 2.32. The molecule has 6 nitrogen and oxygen atoms in total. The Morgan fingerprint density at radius 3 is 2.40 bits per heavy atom. The minimum absolute atomic E-state index is 0.0702. The quantitative estimate of drug-likeness (QED) is 0.804. The van der Waals surface area contributed by atoms with Crippen molar-refractivity contribution in [1.29, 1.82) is 0 Å². The number of nitrogen functional groups attached to an aromatic ring is 1. The van der Waals surface area contributed by atoms with Crippen molar-refractivity contribution in [2.24, 2.45) is 11.7 Å². The number of sulfonamides is 1. The molecule has 1 saturated heterocycles. The van der Waals surface area contributed by atoms with E-state index in [-0.39, 0.29) is 40.5 Å². The number of nitrogens with zero attached hydrogens (tertiary/aromatic N) is 1. The molecule has 0 spiro atoms. The smallest absolute Gasteiger partial charge is 0.246 e. The van der Waals surface area contributed by atoms with Gasteiger partial charge in [-0.3, -0.25) is 4.79 Å². The van der Waals surface area contributed by atoms with Crippen LogP contribution in [0.3, 0.4) is 0 Å². The second-order valence-electron chi connectivity index (χ2n) is 4.74. The van der Waals surface area contributed by atoms with E-state index in [9.17, 15) is 13.2 Å². The van der Waals surface area contributed by atoms with Crippen LogP contribution >= 0.6 is 11.6 Å². The van der Waals surface area contributed by atoms with Gasteiger partial charge in [0.25, 0.3) is 0 Å². The summed E-state index contributed by atoms with van der Waals surface area (Å²) in [5.41, 5.74) is 11.1. The average Bonchev–Trinajstić information content (AvgIpc) is 2.38. The molecule has 1 aliphatic heterocycles. The van der Waals surface area contributed by atoms with E-state index in [4.69, 9.17) is 23.1 Å².